The fourth-order valence-corrected chi connectivity index (χ4v) is 1.92. The standard InChI is InChI=1S/C14H18N2O4/c1-9(14(17)18)20-12-10(5-3-6-11(12)19-2)13-15-7-4-8-16-13/h3,5-6,9H,4,7-8H2,1-2H3,(H,15,16)(H,17,18). The van der Waals surface area contributed by atoms with E-state index in [0.29, 0.717) is 17.3 Å². The average Bonchev–Trinajstić information content (AvgIpc) is 2.48. The molecule has 0 spiro atoms. The molecule has 0 amide bonds. The van der Waals surface area contributed by atoms with E-state index in [-0.39, 0.29) is 0 Å². The summed E-state index contributed by atoms with van der Waals surface area (Å²) in [5.41, 5.74) is 0.720. The molecule has 20 heavy (non-hydrogen) atoms. The van der Waals surface area contributed by atoms with Gasteiger partial charge in [0.05, 0.1) is 12.7 Å². The third kappa shape index (κ3) is 3.01. The molecule has 1 unspecified atom stereocenters. The number of carboxylic acid groups (broad SMARTS) is 1. The zero-order chi connectivity index (χ0) is 14.5. The van der Waals surface area contributed by atoms with Crippen LogP contribution < -0.4 is 14.8 Å². The summed E-state index contributed by atoms with van der Waals surface area (Å²) in [6.07, 6.45) is 0.0177. The van der Waals surface area contributed by atoms with Gasteiger partial charge in [-0.2, -0.15) is 0 Å². The number of rotatable bonds is 5. The average molecular weight is 278 g/mol. The van der Waals surface area contributed by atoms with E-state index in [1.165, 1.54) is 14.0 Å². The van der Waals surface area contributed by atoms with E-state index in [1.807, 2.05) is 12.1 Å². The SMILES string of the molecule is COc1cccc(C2=NCCCN2)c1OC(C)C(=O)O. The summed E-state index contributed by atoms with van der Waals surface area (Å²) in [5, 5.41) is 12.2. The highest BCUT2D eigenvalue weighted by Gasteiger charge is 2.21. The summed E-state index contributed by atoms with van der Waals surface area (Å²) in [6, 6.07) is 5.39. The minimum atomic E-state index is -1.03. The van der Waals surface area contributed by atoms with E-state index < -0.39 is 12.1 Å². The van der Waals surface area contributed by atoms with Gasteiger partial charge in [-0.3, -0.25) is 4.99 Å². The lowest BCUT2D eigenvalue weighted by Gasteiger charge is -2.20. The number of nitrogens with zero attached hydrogens (tertiary/aromatic N) is 1. The molecule has 1 atom stereocenters. The first-order chi connectivity index (χ1) is 9.63. The van der Waals surface area contributed by atoms with E-state index in [9.17, 15) is 4.79 Å². The molecule has 1 aromatic carbocycles. The van der Waals surface area contributed by atoms with E-state index in [1.54, 1.807) is 6.07 Å². The van der Waals surface area contributed by atoms with Gasteiger partial charge in [0.2, 0.25) is 0 Å². The summed E-state index contributed by atoms with van der Waals surface area (Å²) in [6.45, 7) is 3.06. The van der Waals surface area contributed by atoms with Crippen LogP contribution in [0.5, 0.6) is 11.5 Å². The Kier molecular flexibility index (Phi) is 4.45. The van der Waals surface area contributed by atoms with Crippen LogP contribution in [0.3, 0.4) is 0 Å². The van der Waals surface area contributed by atoms with E-state index in [2.05, 4.69) is 10.3 Å². The maximum Gasteiger partial charge on any atom is 0.344 e. The largest absolute Gasteiger partial charge is 0.493 e. The lowest BCUT2D eigenvalue weighted by molar-refractivity contribution is -0.144. The van der Waals surface area contributed by atoms with Crippen molar-refractivity contribution in [1.29, 1.82) is 0 Å². The van der Waals surface area contributed by atoms with Gasteiger partial charge in [-0.25, -0.2) is 4.79 Å². The van der Waals surface area contributed by atoms with Crippen LogP contribution >= 0.6 is 0 Å². The Hall–Kier alpha value is -2.24. The number of benzene rings is 1. The van der Waals surface area contributed by atoms with E-state index in [4.69, 9.17) is 14.6 Å². The molecule has 1 aliphatic heterocycles. The normalized spacial score (nSPS) is 15.8. The minimum absolute atomic E-state index is 0.401. The van der Waals surface area contributed by atoms with Crippen LogP contribution in [-0.2, 0) is 4.79 Å². The van der Waals surface area contributed by atoms with Crippen molar-refractivity contribution >= 4 is 11.8 Å². The predicted octanol–water partition coefficient (Wildman–Crippen LogP) is 1.29. The van der Waals surface area contributed by atoms with Gasteiger partial charge in [-0.05, 0) is 25.5 Å². The number of hydrogen-bond acceptors (Lipinski definition) is 5. The number of aliphatic imine (C=N–C) groups is 1. The number of carboxylic acids is 1. The van der Waals surface area contributed by atoms with Crippen molar-refractivity contribution in [2.75, 3.05) is 20.2 Å². The van der Waals surface area contributed by atoms with Crippen molar-refractivity contribution in [2.24, 2.45) is 4.99 Å². The second kappa shape index (κ2) is 6.27. The third-order valence-corrected chi connectivity index (χ3v) is 2.99. The molecule has 0 bridgehead atoms. The van der Waals surface area contributed by atoms with Gasteiger partial charge in [0.1, 0.15) is 5.84 Å². The highest BCUT2D eigenvalue weighted by Crippen LogP contribution is 2.32. The molecule has 6 heteroatoms. The van der Waals surface area contributed by atoms with Gasteiger partial charge in [-0.15, -0.1) is 0 Å². The molecule has 0 fully saturated rings. The van der Waals surface area contributed by atoms with Crippen LogP contribution in [0.1, 0.15) is 18.9 Å². The van der Waals surface area contributed by atoms with Crippen molar-refractivity contribution in [2.45, 2.75) is 19.4 Å². The zero-order valence-electron chi connectivity index (χ0n) is 11.5. The molecule has 1 aromatic rings. The van der Waals surface area contributed by atoms with Gasteiger partial charge in [0.15, 0.2) is 17.6 Å². The summed E-state index contributed by atoms with van der Waals surface area (Å²) < 4.78 is 10.8. The molecular formula is C14H18N2O4. The molecule has 1 heterocycles. The van der Waals surface area contributed by atoms with Crippen LogP contribution in [0.4, 0.5) is 0 Å². The van der Waals surface area contributed by atoms with Crippen molar-refractivity contribution < 1.29 is 19.4 Å². The Morgan fingerprint density at radius 2 is 2.30 bits per heavy atom. The molecule has 108 valence electrons. The van der Waals surface area contributed by atoms with Crippen molar-refractivity contribution in [1.82, 2.24) is 5.32 Å². The molecule has 0 aliphatic carbocycles. The first-order valence-electron chi connectivity index (χ1n) is 6.48. The smallest absolute Gasteiger partial charge is 0.344 e. The first kappa shape index (κ1) is 14.2. The highest BCUT2D eigenvalue weighted by atomic mass is 16.5. The van der Waals surface area contributed by atoms with Crippen LogP contribution in [0.25, 0.3) is 0 Å². The zero-order valence-corrected chi connectivity index (χ0v) is 11.5. The molecule has 6 nitrogen and oxygen atoms in total. The van der Waals surface area contributed by atoms with Gasteiger partial charge < -0.3 is 19.9 Å². The van der Waals surface area contributed by atoms with Crippen molar-refractivity contribution in [3.05, 3.63) is 23.8 Å². The summed E-state index contributed by atoms with van der Waals surface area (Å²) in [5.74, 6) is 0.576. The Balaban J connectivity index is 2.40. The highest BCUT2D eigenvalue weighted by molar-refractivity contribution is 6.02. The van der Waals surface area contributed by atoms with Crippen LogP contribution in [0.2, 0.25) is 0 Å². The second-order valence-corrected chi connectivity index (χ2v) is 4.45. The molecule has 2 rings (SSSR count). The maximum absolute atomic E-state index is 11.0. The first-order valence-corrected chi connectivity index (χ1v) is 6.48. The van der Waals surface area contributed by atoms with Crippen LogP contribution in [0.15, 0.2) is 23.2 Å². The lowest BCUT2D eigenvalue weighted by atomic mass is 10.1. The summed E-state index contributed by atoms with van der Waals surface area (Å²) >= 11 is 0. The predicted molar refractivity (Wildman–Crippen MR) is 74.7 cm³/mol. The molecule has 1 aliphatic rings. The molecule has 0 radical (unpaired) electrons. The topological polar surface area (TPSA) is 80.1 Å². The fraction of sp³-hybridized carbons (Fsp3) is 0.429. The van der Waals surface area contributed by atoms with Gasteiger partial charge >= 0.3 is 5.97 Å². The Morgan fingerprint density at radius 1 is 1.50 bits per heavy atom. The molecular weight excluding hydrogens is 260 g/mol. The molecule has 0 aromatic heterocycles. The lowest BCUT2D eigenvalue weighted by Crippen LogP contribution is -2.31. The van der Waals surface area contributed by atoms with Crippen molar-refractivity contribution in [3.8, 4) is 11.5 Å². The number of hydrogen-bond donors (Lipinski definition) is 2. The number of aliphatic carboxylic acids is 1. The number of amidine groups is 1. The molecule has 0 saturated carbocycles. The van der Waals surface area contributed by atoms with Crippen LogP contribution in [-0.4, -0.2) is 43.2 Å². The van der Waals surface area contributed by atoms with E-state index in [0.717, 1.165) is 25.1 Å². The Labute approximate surface area is 117 Å². The Morgan fingerprint density at radius 3 is 2.90 bits per heavy atom. The van der Waals surface area contributed by atoms with Gasteiger partial charge in [-0.1, -0.05) is 6.07 Å². The fourth-order valence-electron chi connectivity index (χ4n) is 1.92. The number of nitrogens with one attached hydrogen (secondary N) is 1. The minimum Gasteiger partial charge on any atom is -0.493 e. The number of methoxy groups -OCH3 is 1. The quantitative estimate of drug-likeness (QED) is 0.848. The van der Waals surface area contributed by atoms with Crippen LogP contribution in [0, 0.1) is 0 Å². The van der Waals surface area contributed by atoms with E-state index >= 15 is 0 Å². The Bertz CT molecular complexity index is 528. The number of ether oxygens (including phenoxy) is 2. The molecule has 0 saturated heterocycles. The second-order valence-electron chi connectivity index (χ2n) is 4.45. The summed E-state index contributed by atoms with van der Waals surface area (Å²) in [4.78, 5) is 15.4. The third-order valence-electron chi connectivity index (χ3n) is 2.99. The monoisotopic (exact) mass is 278 g/mol. The summed E-state index contributed by atoms with van der Waals surface area (Å²) in [7, 11) is 1.52. The maximum atomic E-state index is 11.0. The van der Waals surface area contributed by atoms with Gasteiger partial charge in [0.25, 0.3) is 0 Å². The number of para-hydroxylation sites is 1. The number of carbonyl (C=O) groups is 1. The van der Waals surface area contributed by atoms with Crippen molar-refractivity contribution in [3.63, 3.8) is 0 Å². The molecule has 2 N–H and O–H groups in total. The van der Waals surface area contributed by atoms with Gasteiger partial charge in [0, 0.05) is 13.1 Å².